The quantitative estimate of drug-likeness (QED) is 0.397. The number of nitrogens with two attached hydrogens (primary N) is 1. The number of piperazine rings is 1. The molecule has 0 unspecified atom stereocenters. The molecule has 194 valence electrons. The van der Waals surface area contributed by atoms with E-state index >= 15 is 0 Å². The number of carbonyl (C=O) groups excluding carboxylic acids is 2. The van der Waals surface area contributed by atoms with Gasteiger partial charge in [-0.15, -0.1) is 0 Å². The average Bonchev–Trinajstić information content (AvgIpc) is 3.30. The second kappa shape index (κ2) is 13.8. The van der Waals surface area contributed by atoms with Crippen molar-refractivity contribution in [3.05, 3.63) is 101 Å². The van der Waals surface area contributed by atoms with E-state index in [1.165, 1.54) is 21.5 Å². The van der Waals surface area contributed by atoms with Gasteiger partial charge in [0.1, 0.15) is 5.75 Å². The van der Waals surface area contributed by atoms with Crippen LogP contribution in [0.15, 0.2) is 78.9 Å². The minimum atomic E-state index is -0.00787. The summed E-state index contributed by atoms with van der Waals surface area (Å²) in [6.07, 6.45) is 0.726. The van der Waals surface area contributed by atoms with Crippen molar-refractivity contribution in [1.29, 1.82) is 0 Å². The minimum Gasteiger partial charge on any atom is -0.497 e. The monoisotopic (exact) mass is 500 g/mol. The number of aryl methyl sites for hydroxylation is 2. The molecule has 0 radical (unpaired) electrons. The number of ether oxygens (including phenoxy) is 1. The van der Waals surface area contributed by atoms with Crippen molar-refractivity contribution in [3.63, 3.8) is 0 Å². The van der Waals surface area contributed by atoms with Gasteiger partial charge in [-0.3, -0.25) is 9.59 Å². The SMILES string of the molecule is COc1ccc2[nH]c(C)cc2c1.Cc1ccccc1.NCc1cccc(CN2CCN(C=O)CC2=O)c1. The summed E-state index contributed by atoms with van der Waals surface area (Å²) >= 11 is 0. The molecule has 0 aliphatic carbocycles. The normalized spacial score (nSPS) is 12.8. The Kier molecular flexibility index (Phi) is 10.3. The summed E-state index contributed by atoms with van der Waals surface area (Å²) in [7, 11) is 1.68. The fourth-order valence-corrected chi connectivity index (χ4v) is 3.98. The van der Waals surface area contributed by atoms with Gasteiger partial charge in [-0.25, -0.2) is 0 Å². The van der Waals surface area contributed by atoms with E-state index in [0.717, 1.165) is 28.8 Å². The molecule has 0 saturated carbocycles. The molecule has 7 heteroatoms. The van der Waals surface area contributed by atoms with Crippen LogP contribution in [0.5, 0.6) is 5.75 Å². The Balaban J connectivity index is 0.000000171. The third-order valence-corrected chi connectivity index (χ3v) is 6.00. The first kappa shape index (κ1) is 27.5. The zero-order valence-electron chi connectivity index (χ0n) is 21.8. The molecule has 1 saturated heterocycles. The maximum absolute atomic E-state index is 11.8. The summed E-state index contributed by atoms with van der Waals surface area (Å²) in [6.45, 7) is 6.59. The van der Waals surface area contributed by atoms with Crippen molar-refractivity contribution >= 4 is 23.2 Å². The lowest BCUT2D eigenvalue weighted by molar-refractivity contribution is -0.140. The molecule has 5 rings (SSSR count). The van der Waals surface area contributed by atoms with Crippen molar-refractivity contribution in [2.45, 2.75) is 26.9 Å². The number of fused-ring (bicyclic) bond motifs is 1. The average molecular weight is 501 g/mol. The number of amides is 2. The Morgan fingerprint density at radius 1 is 0.946 bits per heavy atom. The van der Waals surface area contributed by atoms with Crippen molar-refractivity contribution in [2.24, 2.45) is 5.73 Å². The first-order valence-electron chi connectivity index (χ1n) is 12.3. The standard InChI is InChI=1S/C13H17N3O2.C10H11NO.C7H8/c14-7-11-2-1-3-12(6-11)8-16-5-4-15(10-17)9-13(16)18;1-7-5-8-6-9(12-2)3-4-10(8)11-7;1-7-5-3-2-4-6-7/h1-3,6,10H,4-5,7-9,14H2;3-6,11H,1-2H3;2-6H,1H3. The maximum Gasteiger partial charge on any atom is 0.242 e. The maximum atomic E-state index is 11.8. The van der Waals surface area contributed by atoms with Crippen LogP contribution in [0, 0.1) is 13.8 Å². The highest BCUT2D eigenvalue weighted by atomic mass is 16.5. The van der Waals surface area contributed by atoms with Crippen molar-refractivity contribution in [2.75, 3.05) is 26.7 Å². The lowest BCUT2D eigenvalue weighted by Crippen LogP contribution is -2.49. The molecule has 3 N–H and O–H groups in total. The lowest BCUT2D eigenvalue weighted by atomic mass is 10.1. The topological polar surface area (TPSA) is 91.7 Å². The second-order valence-corrected chi connectivity index (χ2v) is 8.98. The number of rotatable bonds is 5. The molecular weight excluding hydrogens is 464 g/mol. The van der Waals surface area contributed by atoms with Gasteiger partial charge in [0.25, 0.3) is 0 Å². The number of carbonyl (C=O) groups is 2. The molecule has 0 atom stereocenters. The minimum absolute atomic E-state index is 0.00787. The molecule has 2 amide bonds. The molecule has 3 aromatic carbocycles. The number of benzene rings is 3. The molecule has 1 fully saturated rings. The number of nitrogens with zero attached hydrogens (tertiary/aromatic N) is 2. The lowest BCUT2D eigenvalue weighted by Gasteiger charge is -2.32. The molecule has 1 aliphatic heterocycles. The third-order valence-electron chi connectivity index (χ3n) is 6.00. The molecule has 4 aromatic rings. The van der Waals surface area contributed by atoms with Gasteiger partial charge >= 0.3 is 0 Å². The summed E-state index contributed by atoms with van der Waals surface area (Å²) in [6, 6.07) is 26.3. The predicted octanol–water partition coefficient (Wildman–Crippen LogP) is 4.43. The van der Waals surface area contributed by atoms with Crippen LogP contribution >= 0.6 is 0 Å². The van der Waals surface area contributed by atoms with E-state index in [1.807, 2.05) is 67.6 Å². The first-order chi connectivity index (χ1) is 17.9. The summed E-state index contributed by atoms with van der Waals surface area (Å²) in [5.41, 5.74) is 11.4. The number of methoxy groups -OCH3 is 1. The Labute approximate surface area is 218 Å². The third kappa shape index (κ3) is 8.51. The predicted molar refractivity (Wildman–Crippen MR) is 148 cm³/mol. The van der Waals surface area contributed by atoms with Gasteiger partial charge in [-0.1, -0.05) is 60.2 Å². The molecule has 1 aromatic heterocycles. The molecule has 0 bridgehead atoms. The van der Waals surface area contributed by atoms with Gasteiger partial charge in [-0.2, -0.15) is 0 Å². The van der Waals surface area contributed by atoms with Crippen molar-refractivity contribution in [3.8, 4) is 5.75 Å². The summed E-state index contributed by atoms with van der Waals surface area (Å²) in [5, 5.41) is 1.20. The zero-order valence-corrected chi connectivity index (χ0v) is 21.8. The number of hydrogen-bond acceptors (Lipinski definition) is 4. The highest BCUT2D eigenvalue weighted by Gasteiger charge is 2.22. The fourth-order valence-electron chi connectivity index (χ4n) is 3.98. The van der Waals surface area contributed by atoms with Crippen LogP contribution in [0.4, 0.5) is 0 Å². The van der Waals surface area contributed by atoms with Crippen LogP contribution in [0.25, 0.3) is 10.9 Å². The molecule has 0 spiro atoms. The highest BCUT2D eigenvalue weighted by Crippen LogP contribution is 2.20. The molecule has 2 heterocycles. The van der Waals surface area contributed by atoms with Crippen molar-refractivity contribution < 1.29 is 14.3 Å². The Hall–Kier alpha value is -4.10. The smallest absolute Gasteiger partial charge is 0.242 e. The van der Waals surface area contributed by atoms with E-state index in [-0.39, 0.29) is 12.5 Å². The van der Waals surface area contributed by atoms with E-state index in [9.17, 15) is 9.59 Å². The van der Waals surface area contributed by atoms with Crippen LogP contribution in [-0.2, 0) is 22.7 Å². The van der Waals surface area contributed by atoms with E-state index in [1.54, 1.807) is 12.0 Å². The molecule has 1 aliphatic rings. The Morgan fingerprint density at radius 2 is 1.70 bits per heavy atom. The van der Waals surface area contributed by atoms with Gasteiger partial charge in [0, 0.05) is 42.8 Å². The molecular formula is C30H36N4O3. The van der Waals surface area contributed by atoms with E-state index < -0.39 is 0 Å². The second-order valence-electron chi connectivity index (χ2n) is 8.98. The van der Waals surface area contributed by atoms with E-state index in [0.29, 0.717) is 26.2 Å². The Bertz CT molecular complexity index is 1290. The van der Waals surface area contributed by atoms with E-state index in [2.05, 4.69) is 30.1 Å². The first-order valence-corrected chi connectivity index (χ1v) is 12.3. The molecule has 37 heavy (non-hydrogen) atoms. The van der Waals surface area contributed by atoms with E-state index in [4.69, 9.17) is 10.5 Å². The summed E-state index contributed by atoms with van der Waals surface area (Å²) in [5.74, 6) is 0.896. The highest BCUT2D eigenvalue weighted by molar-refractivity contribution is 5.82. The van der Waals surface area contributed by atoms with Gasteiger partial charge < -0.3 is 25.3 Å². The van der Waals surface area contributed by atoms with Crippen LogP contribution in [0.1, 0.15) is 22.4 Å². The largest absolute Gasteiger partial charge is 0.497 e. The van der Waals surface area contributed by atoms with Gasteiger partial charge in [-0.05, 0) is 49.2 Å². The van der Waals surface area contributed by atoms with Crippen LogP contribution in [-0.4, -0.2) is 53.8 Å². The number of aromatic amines is 1. The molecule has 7 nitrogen and oxygen atoms in total. The number of aromatic nitrogens is 1. The zero-order chi connectivity index (χ0) is 26.6. The van der Waals surface area contributed by atoms with Gasteiger partial charge in [0.15, 0.2) is 0 Å². The van der Waals surface area contributed by atoms with Crippen molar-refractivity contribution in [1.82, 2.24) is 14.8 Å². The van der Waals surface area contributed by atoms with Crippen LogP contribution < -0.4 is 10.5 Å². The number of hydrogen-bond donors (Lipinski definition) is 2. The van der Waals surface area contributed by atoms with Gasteiger partial charge in [0.2, 0.25) is 12.3 Å². The number of nitrogens with one attached hydrogen (secondary N) is 1. The fraction of sp³-hybridized carbons (Fsp3) is 0.267. The summed E-state index contributed by atoms with van der Waals surface area (Å²) in [4.78, 5) is 28.9. The summed E-state index contributed by atoms with van der Waals surface area (Å²) < 4.78 is 5.12. The van der Waals surface area contributed by atoms with Crippen LogP contribution in [0.3, 0.4) is 0 Å². The number of H-pyrrole nitrogens is 1. The Morgan fingerprint density at radius 3 is 2.32 bits per heavy atom. The van der Waals surface area contributed by atoms with Gasteiger partial charge in [0.05, 0.1) is 13.7 Å². The van der Waals surface area contributed by atoms with Crippen LogP contribution in [0.2, 0.25) is 0 Å².